The molecule has 2 aromatic rings. The second-order valence-corrected chi connectivity index (χ2v) is 7.62. The summed E-state index contributed by atoms with van der Waals surface area (Å²) >= 11 is 0. The van der Waals surface area contributed by atoms with Gasteiger partial charge in [0.1, 0.15) is 0 Å². The van der Waals surface area contributed by atoms with Crippen molar-refractivity contribution in [1.82, 2.24) is 14.6 Å². The Balaban J connectivity index is 1.75. The highest BCUT2D eigenvalue weighted by Crippen LogP contribution is 2.28. The third-order valence-corrected chi connectivity index (χ3v) is 5.24. The normalized spacial score (nSPS) is 14.2. The first kappa shape index (κ1) is 16.4. The monoisotopic (exact) mass is 345 g/mol. The Kier molecular flexibility index (Phi) is 4.53. The number of carbonyl (C=O) groups excluding carboxylic acids is 1. The fourth-order valence-electron chi connectivity index (χ4n) is 2.39. The molecule has 24 heavy (non-hydrogen) atoms. The van der Waals surface area contributed by atoms with Crippen molar-refractivity contribution >= 4 is 16.1 Å². The SMILES string of the molecule is Cc1ccc(S(=O)(=O)NC(=O)N(Cc2ccncc2)C2CC2)cc1. The summed E-state index contributed by atoms with van der Waals surface area (Å²) in [6, 6.07) is 9.53. The van der Waals surface area contributed by atoms with Crippen LogP contribution in [0.5, 0.6) is 0 Å². The zero-order valence-electron chi connectivity index (χ0n) is 13.3. The number of hydrogen-bond donors (Lipinski definition) is 1. The highest BCUT2D eigenvalue weighted by atomic mass is 32.2. The van der Waals surface area contributed by atoms with Crippen LogP contribution in [-0.2, 0) is 16.6 Å². The number of nitrogens with one attached hydrogen (secondary N) is 1. The Morgan fingerprint density at radius 2 is 1.79 bits per heavy atom. The maximum atomic E-state index is 12.5. The Morgan fingerprint density at radius 1 is 1.17 bits per heavy atom. The number of pyridine rings is 1. The lowest BCUT2D eigenvalue weighted by molar-refractivity contribution is 0.198. The Hall–Kier alpha value is -2.41. The number of nitrogens with zero attached hydrogens (tertiary/aromatic N) is 2. The van der Waals surface area contributed by atoms with Gasteiger partial charge < -0.3 is 4.90 Å². The van der Waals surface area contributed by atoms with Crippen molar-refractivity contribution in [3.05, 3.63) is 59.9 Å². The summed E-state index contributed by atoms with van der Waals surface area (Å²) in [5.41, 5.74) is 1.87. The molecule has 1 N–H and O–H groups in total. The van der Waals surface area contributed by atoms with Crippen LogP contribution in [0.15, 0.2) is 53.7 Å². The van der Waals surface area contributed by atoms with Gasteiger partial charge in [-0.1, -0.05) is 17.7 Å². The first-order valence-corrected chi connectivity index (χ1v) is 9.23. The molecule has 0 atom stereocenters. The smallest absolute Gasteiger partial charge is 0.317 e. The van der Waals surface area contributed by atoms with E-state index in [0.717, 1.165) is 24.0 Å². The van der Waals surface area contributed by atoms with E-state index in [0.29, 0.717) is 6.54 Å². The standard InChI is InChI=1S/C17H19N3O3S/c1-13-2-6-16(7-3-13)24(22,23)19-17(21)20(15-4-5-15)12-14-8-10-18-11-9-14/h2-3,6-11,15H,4-5,12H2,1H3,(H,19,21). The van der Waals surface area contributed by atoms with Crippen molar-refractivity contribution in [2.75, 3.05) is 0 Å². The number of aromatic nitrogens is 1. The summed E-state index contributed by atoms with van der Waals surface area (Å²) < 4.78 is 26.9. The number of rotatable bonds is 5. The van der Waals surface area contributed by atoms with Crippen LogP contribution in [0.3, 0.4) is 0 Å². The van der Waals surface area contributed by atoms with Gasteiger partial charge in [0, 0.05) is 25.0 Å². The van der Waals surface area contributed by atoms with E-state index >= 15 is 0 Å². The maximum absolute atomic E-state index is 12.5. The third-order valence-electron chi connectivity index (χ3n) is 3.90. The van der Waals surface area contributed by atoms with Gasteiger partial charge in [0.15, 0.2) is 0 Å². The van der Waals surface area contributed by atoms with E-state index in [9.17, 15) is 13.2 Å². The molecule has 2 amide bonds. The lowest BCUT2D eigenvalue weighted by Gasteiger charge is -2.22. The second kappa shape index (κ2) is 6.60. The number of urea groups is 1. The van der Waals surface area contributed by atoms with E-state index in [1.54, 1.807) is 29.4 Å². The molecule has 0 saturated heterocycles. The van der Waals surface area contributed by atoms with E-state index in [1.165, 1.54) is 12.1 Å². The molecule has 0 spiro atoms. The molecule has 0 bridgehead atoms. The second-order valence-electron chi connectivity index (χ2n) is 5.94. The fourth-order valence-corrected chi connectivity index (χ4v) is 3.35. The largest absolute Gasteiger partial charge is 0.331 e. The van der Waals surface area contributed by atoms with Crippen molar-refractivity contribution < 1.29 is 13.2 Å². The van der Waals surface area contributed by atoms with Crippen LogP contribution in [0.4, 0.5) is 4.79 Å². The highest BCUT2D eigenvalue weighted by molar-refractivity contribution is 7.90. The number of carbonyl (C=O) groups is 1. The first-order chi connectivity index (χ1) is 11.5. The van der Waals surface area contributed by atoms with E-state index in [2.05, 4.69) is 9.71 Å². The van der Waals surface area contributed by atoms with Crippen LogP contribution < -0.4 is 4.72 Å². The van der Waals surface area contributed by atoms with Crippen LogP contribution in [0.1, 0.15) is 24.0 Å². The van der Waals surface area contributed by atoms with Gasteiger partial charge in [-0.05, 0) is 49.6 Å². The molecule has 0 radical (unpaired) electrons. The number of aryl methyl sites for hydroxylation is 1. The number of hydrogen-bond acceptors (Lipinski definition) is 4. The van der Waals surface area contributed by atoms with Gasteiger partial charge in [-0.25, -0.2) is 17.9 Å². The van der Waals surface area contributed by atoms with Gasteiger partial charge in [-0.15, -0.1) is 0 Å². The van der Waals surface area contributed by atoms with Crippen LogP contribution in [-0.4, -0.2) is 30.4 Å². The van der Waals surface area contributed by atoms with Crippen molar-refractivity contribution in [2.24, 2.45) is 0 Å². The minimum absolute atomic E-state index is 0.0844. The molecule has 1 fully saturated rings. The van der Waals surface area contributed by atoms with Gasteiger partial charge in [0.2, 0.25) is 0 Å². The maximum Gasteiger partial charge on any atom is 0.331 e. The zero-order valence-corrected chi connectivity index (χ0v) is 14.2. The summed E-state index contributed by atoms with van der Waals surface area (Å²) in [4.78, 5) is 18.1. The van der Waals surface area contributed by atoms with Crippen molar-refractivity contribution in [3.8, 4) is 0 Å². The molecule has 0 unspecified atom stereocenters. The minimum Gasteiger partial charge on any atom is -0.317 e. The predicted octanol–water partition coefficient (Wildman–Crippen LogP) is 2.45. The molecular weight excluding hydrogens is 326 g/mol. The summed E-state index contributed by atoms with van der Waals surface area (Å²) in [5, 5.41) is 0. The lowest BCUT2D eigenvalue weighted by Crippen LogP contribution is -2.43. The molecule has 1 aliphatic rings. The van der Waals surface area contributed by atoms with Gasteiger partial charge in [-0.3, -0.25) is 4.98 Å². The van der Waals surface area contributed by atoms with Gasteiger partial charge in [0.05, 0.1) is 4.90 Å². The average molecular weight is 345 g/mol. The molecule has 126 valence electrons. The minimum atomic E-state index is -3.87. The Labute approximate surface area is 141 Å². The Bertz CT molecular complexity index is 816. The molecule has 1 saturated carbocycles. The zero-order chi connectivity index (χ0) is 17.2. The molecular formula is C17H19N3O3S. The summed E-state index contributed by atoms with van der Waals surface area (Å²) in [7, 11) is -3.87. The van der Waals surface area contributed by atoms with E-state index in [-0.39, 0.29) is 10.9 Å². The molecule has 1 heterocycles. The van der Waals surface area contributed by atoms with E-state index in [1.807, 2.05) is 19.1 Å². The summed E-state index contributed by atoms with van der Waals surface area (Å²) in [5.74, 6) is 0. The molecule has 1 aliphatic carbocycles. The third kappa shape index (κ3) is 3.91. The molecule has 1 aromatic heterocycles. The van der Waals surface area contributed by atoms with Crippen molar-refractivity contribution in [2.45, 2.75) is 37.2 Å². The predicted molar refractivity (Wildman–Crippen MR) is 89.7 cm³/mol. The van der Waals surface area contributed by atoms with Crippen LogP contribution >= 0.6 is 0 Å². The topological polar surface area (TPSA) is 79.4 Å². The van der Waals surface area contributed by atoms with Gasteiger partial charge in [-0.2, -0.15) is 0 Å². The van der Waals surface area contributed by atoms with Crippen molar-refractivity contribution in [1.29, 1.82) is 0 Å². The average Bonchev–Trinajstić information content (AvgIpc) is 3.38. The fraction of sp³-hybridized carbons (Fsp3) is 0.294. The lowest BCUT2D eigenvalue weighted by atomic mass is 10.2. The van der Waals surface area contributed by atoms with Crippen molar-refractivity contribution in [3.63, 3.8) is 0 Å². The molecule has 1 aromatic carbocycles. The van der Waals surface area contributed by atoms with Crippen LogP contribution in [0.25, 0.3) is 0 Å². The summed E-state index contributed by atoms with van der Waals surface area (Å²) in [6.45, 7) is 2.24. The van der Waals surface area contributed by atoms with Crippen LogP contribution in [0.2, 0.25) is 0 Å². The number of amides is 2. The highest BCUT2D eigenvalue weighted by Gasteiger charge is 2.34. The molecule has 3 rings (SSSR count). The quantitative estimate of drug-likeness (QED) is 0.903. The number of benzene rings is 1. The van der Waals surface area contributed by atoms with Gasteiger partial charge in [0.25, 0.3) is 10.0 Å². The summed E-state index contributed by atoms with van der Waals surface area (Å²) in [6.07, 6.45) is 5.09. The molecule has 6 nitrogen and oxygen atoms in total. The van der Waals surface area contributed by atoms with Gasteiger partial charge >= 0.3 is 6.03 Å². The van der Waals surface area contributed by atoms with Crippen LogP contribution in [0, 0.1) is 6.92 Å². The molecule has 0 aliphatic heterocycles. The number of sulfonamides is 1. The van der Waals surface area contributed by atoms with E-state index < -0.39 is 16.1 Å². The van der Waals surface area contributed by atoms with E-state index in [4.69, 9.17) is 0 Å². The molecule has 7 heteroatoms. The Morgan fingerprint density at radius 3 is 2.38 bits per heavy atom. The first-order valence-electron chi connectivity index (χ1n) is 7.75.